The van der Waals surface area contributed by atoms with Crippen LogP contribution in [0.4, 0.5) is 5.69 Å². The van der Waals surface area contributed by atoms with Gasteiger partial charge in [-0.2, -0.15) is 0 Å². The Hall–Kier alpha value is -2.80. The number of sulfonamides is 1. The minimum atomic E-state index is -3.94. The Morgan fingerprint density at radius 1 is 0.969 bits per heavy atom. The Labute approximate surface area is 189 Å². The maximum atomic E-state index is 13.5. The van der Waals surface area contributed by atoms with Crippen molar-refractivity contribution in [2.24, 2.45) is 0 Å². The molecule has 7 heteroatoms. The molecule has 0 spiro atoms. The lowest BCUT2D eigenvalue weighted by Gasteiger charge is -2.19. The Balaban J connectivity index is 1.83. The number of hydrogen-bond acceptors (Lipinski definition) is 4. The summed E-state index contributed by atoms with van der Waals surface area (Å²) in [5.74, 6) is 0.0739. The predicted octanol–water partition coefficient (Wildman–Crippen LogP) is 5.48. The number of furan rings is 1. The van der Waals surface area contributed by atoms with Crippen molar-refractivity contribution in [2.45, 2.75) is 58.3 Å². The molecule has 0 bridgehead atoms. The highest BCUT2D eigenvalue weighted by molar-refractivity contribution is 7.93. The summed E-state index contributed by atoms with van der Waals surface area (Å²) in [5, 5.41) is 0.663. The van der Waals surface area contributed by atoms with Crippen LogP contribution in [0.25, 0.3) is 11.0 Å². The number of rotatable bonds is 4. The van der Waals surface area contributed by atoms with Gasteiger partial charge < -0.3 is 9.32 Å². The van der Waals surface area contributed by atoms with Crippen LogP contribution in [0, 0.1) is 27.7 Å². The number of nitrogens with zero attached hydrogens (tertiary/aromatic N) is 1. The van der Waals surface area contributed by atoms with Crippen LogP contribution >= 0.6 is 0 Å². The third-order valence-electron chi connectivity index (χ3n) is 6.32. The van der Waals surface area contributed by atoms with Gasteiger partial charge >= 0.3 is 0 Å². The summed E-state index contributed by atoms with van der Waals surface area (Å²) in [6.45, 7) is 8.79. The smallest absolute Gasteiger partial charge is 0.289 e. The summed E-state index contributed by atoms with van der Waals surface area (Å²) in [6.07, 6.45) is 4.19. The van der Waals surface area contributed by atoms with Gasteiger partial charge in [0.1, 0.15) is 4.90 Å². The summed E-state index contributed by atoms with van der Waals surface area (Å²) in [5.41, 5.74) is 3.81. The molecule has 1 aromatic heterocycles. The van der Waals surface area contributed by atoms with Gasteiger partial charge in [0, 0.05) is 29.7 Å². The second-order valence-corrected chi connectivity index (χ2v) is 10.4. The van der Waals surface area contributed by atoms with Crippen molar-refractivity contribution in [3.05, 3.63) is 58.3 Å². The van der Waals surface area contributed by atoms with Gasteiger partial charge in [-0.25, -0.2) is 8.42 Å². The van der Waals surface area contributed by atoms with Gasteiger partial charge in [-0.05, 0) is 75.4 Å². The molecule has 2 aromatic carbocycles. The molecule has 0 unspecified atom stereocenters. The maximum Gasteiger partial charge on any atom is 0.289 e. The molecule has 1 aliphatic rings. The SMILES string of the molecule is Cc1cccc(NS(=O)(=O)c2c(C)c(C)cc3c(C)c(C(=O)N4CCCCCC4)oc23)c1. The van der Waals surface area contributed by atoms with Crippen LogP contribution in [0.2, 0.25) is 0 Å². The average molecular weight is 455 g/mol. The molecule has 3 aromatic rings. The first kappa shape index (κ1) is 22.4. The van der Waals surface area contributed by atoms with Gasteiger partial charge in [0.25, 0.3) is 15.9 Å². The van der Waals surface area contributed by atoms with Crippen LogP contribution in [0.1, 0.15) is 58.5 Å². The standard InChI is InChI=1S/C25H30N2O4S/c1-16-10-9-11-20(14-16)26-32(29,30)24-18(3)17(2)15-21-19(4)22(31-23(21)24)25(28)27-12-7-5-6-8-13-27/h9-11,14-15,26H,5-8,12-13H2,1-4H3. The van der Waals surface area contributed by atoms with Crippen molar-refractivity contribution in [3.63, 3.8) is 0 Å². The molecule has 4 rings (SSSR count). The molecule has 0 radical (unpaired) electrons. The van der Waals surface area contributed by atoms with Crippen molar-refractivity contribution >= 4 is 32.6 Å². The Bertz CT molecular complexity index is 1280. The predicted molar refractivity (Wildman–Crippen MR) is 127 cm³/mol. The van der Waals surface area contributed by atoms with Crippen LogP contribution < -0.4 is 4.72 Å². The van der Waals surface area contributed by atoms with Gasteiger partial charge in [-0.3, -0.25) is 9.52 Å². The first-order valence-corrected chi connectivity index (χ1v) is 12.6. The fraction of sp³-hybridized carbons (Fsp3) is 0.400. The first-order valence-electron chi connectivity index (χ1n) is 11.1. The third-order valence-corrected chi connectivity index (χ3v) is 7.85. The molecule has 170 valence electrons. The molecule has 0 atom stereocenters. The highest BCUT2D eigenvalue weighted by atomic mass is 32.2. The lowest BCUT2D eigenvalue weighted by Crippen LogP contribution is -2.31. The Morgan fingerprint density at radius 2 is 1.66 bits per heavy atom. The van der Waals surface area contributed by atoms with Gasteiger partial charge in [-0.1, -0.05) is 25.0 Å². The number of carbonyl (C=O) groups excluding carboxylic acids is 1. The quantitative estimate of drug-likeness (QED) is 0.566. The van der Waals surface area contributed by atoms with E-state index >= 15 is 0 Å². The second kappa shape index (κ2) is 8.62. The molecule has 6 nitrogen and oxygen atoms in total. The number of amides is 1. The third kappa shape index (κ3) is 4.13. The van der Waals surface area contributed by atoms with E-state index in [4.69, 9.17) is 4.42 Å². The van der Waals surface area contributed by atoms with E-state index in [1.807, 2.05) is 37.8 Å². The van der Waals surface area contributed by atoms with Gasteiger partial charge in [-0.15, -0.1) is 0 Å². The fourth-order valence-corrected chi connectivity index (χ4v) is 5.90. The molecular formula is C25H30N2O4S. The zero-order valence-corrected chi connectivity index (χ0v) is 19.9. The van der Waals surface area contributed by atoms with E-state index in [0.29, 0.717) is 35.3 Å². The lowest BCUT2D eigenvalue weighted by molar-refractivity contribution is 0.0731. The van der Waals surface area contributed by atoms with Crippen molar-refractivity contribution in [1.29, 1.82) is 0 Å². The molecule has 0 saturated carbocycles. The van der Waals surface area contributed by atoms with E-state index in [2.05, 4.69) is 4.72 Å². The zero-order chi connectivity index (χ0) is 23.0. The summed E-state index contributed by atoms with van der Waals surface area (Å²) < 4.78 is 35.7. The highest BCUT2D eigenvalue weighted by Gasteiger charge is 2.30. The second-order valence-electron chi connectivity index (χ2n) is 8.76. The highest BCUT2D eigenvalue weighted by Crippen LogP contribution is 2.36. The first-order chi connectivity index (χ1) is 15.2. The number of hydrogen-bond donors (Lipinski definition) is 1. The minimum absolute atomic E-state index is 0.0898. The summed E-state index contributed by atoms with van der Waals surface area (Å²) >= 11 is 0. The molecule has 1 aliphatic heterocycles. The molecule has 1 saturated heterocycles. The largest absolute Gasteiger partial charge is 0.449 e. The summed E-state index contributed by atoms with van der Waals surface area (Å²) in [7, 11) is -3.94. The average Bonchev–Trinajstić information content (AvgIpc) is 2.91. The fourth-order valence-electron chi connectivity index (χ4n) is 4.40. The molecule has 1 amide bonds. The summed E-state index contributed by atoms with van der Waals surface area (Å²) in [6, 6.07) is 9.12. The number of carbonyl (C=O) groups is 1. The monoisotopic (exact) mass is 454 g/mol. The number of benzene rings is 2. The maximum absolute atomic E-state index is 13.5. The van der Waals surface area contributed by atoms with Crippen molar-refractivity contribution in [3.8, 4) is 0 Å². The normalized spacial score (nSPS) is 15.1. The Morgan fingerprint density at radius 3 is 2.31 bits per heavy atom. The van der Waals surface area contributed by atoms with Crippen molar-refractivity contribution < 1.29 is 17.6 Å². The van der Waals surface area contributed by atoms with E-state index in [1.54, 1.807) is 25.1 Å². The van der Waals surface area contributed by atoms with Crippen molar-refractivity contribution in [1.82, 2.24) is 4.90 Å². The van der Waals surface area contributed by atoms with Gasteiger partial charge in [0.05, 0.1) is 0 Å². The van der Waals surface area contributed by atoms with Crippen LogP contribution in [-0.4, -0.2) is 32.3 Å². The lowest BCUT2D eigenvalue weighted by atomic mass is 10.0. The van der Waals surface area contributed by atoms with E-state index in [1.165, 1.54) is 0 Å². The van der Waals surface area contributed by atoms with Crippen LogP contribution in [0.15, 0.2) is 39.6 Å². The number of fused-ring (bicyclic) bond motifs is 1. The molecule has 1 fully saturated rings. The van der Waals surface area contributed by atoms with E-state index < -0.39 is 10.0 Å². The van der Waals surface area contributed by atoms with Gasteiger partial charge in [0.2, 0.25) is 0 Å². The molecule has 2 heterocycles. The van der Waals surface area contributed by atoms with E-state index in [0.717, 1.165) is 36.8 Å². The van der Waals surface area contributed by atoms with Gasteiger partial charge in [0.15, 0.2) is 11.3 Å². The van der Waals surface area contributed by atoms with Crippen LogP contribution in [0.5, 0.6) is 0 Å². The molecule has 0 aliphatic carbocycles. The molecular weight excluding hydrogens is 424 g/mol. The van der Waals surface area contributed by atoms with E-state index in [-0.39, 0.29) is 22.1 Å². The number of anilines is 1. The topological polar surface area (TPSA) is 79.6 Å². The van der Waals surface area contributed by atoms with Crippen molar-refractivity contribution in [2.75, 3.05) is 17.8 Å². The molecule has 1 N–H and O–H groups in total. The zero-order valence-electron chi connectivity index (χ0n) is 19.1. The Kier molecular flexibility index (Phi) is 6.03. The minimum Gasteiger partial charge on any atom is -0.449 e. The number of aryl methyl sites for hydroxylation is 3. The summed E-state index contributed by atoms with van der Waals surface area (Å²) in [4.78, 5) is 15.2. The number of nitrogens with one attached hydrogen (secondary N) is 1. The number of likely N-dealkylation sites (tertiary alicyclic amines) is 1. The van der Waals surface area contributed by atoms with Crippen LogP contribution in [-0.2, 0) is 10.0 Å². The van der Waals surface area contributed by atoms with Crippen LogP contribution in [0.3, 0.4) is 0 Å². The van der Waals surface area contributed by atoms with E-state index in [9.17, 15) is 13.2 Å². The molecule has 32 heavy (non-hydrogen) atoms.